The van der Waals surface area contributed by atoms with E-state index in [4.69, 9.17) is 29.1 Å². The van der Waals surface area contributed by atoms with E-state index >= 15 is 0 Å². The molecule has 5 aliphatic carbocycles. The summed E-state index contributed by atoms with van der Waals surface area (Å²) in [5, 5.41) is 19.4. The normalized spacial score (nSPS) is 15.7. The van der Waals surface area contributed by atoms with Crippen LogP contribution in [0.25, 0.3) is 11.1 Å². The Balaban J connectivity index is 0.000000137. The molecule has 3 saturated carbocycles. The van der Waals surface area contributed by atoms with Crippen LogP contribution in [0, 0.1) is 158 Å². The Morgan fingerprint density at radius 3 is 1.06 bits per heavy atom. The fraction of sp³-hybridized carbons (Fsp3) is 0.336. The number of aromatic hydroxyl groups is 2. The van der Waals surface area contributed by atoms with Crippen LogP contribution in [-0.2, 0) is 29.2 Å². The Bertz CT molecular complexity index is 6090. The molecule has 2 heterocycles. The Morgan fingerprint density at radius 2 is 0.691 bits per heavy atom. The minimum atomic E-state index is -1.92. The number of hydrogen-bond acceptors (Lipinski definition) is 7. The number of phenolic OH excluding ortho intramolecular Hbond substituents is 2. The van der Waals surface area contributed by atoms with E-state index in [-0.39, 0.29) is 35.1 Å². The van der Waals surface area contributed by atoms with Gasteiger partial charge in [0.2, 0.25) is 0 Å². The fourth-order valence-corrected chi connectivity index (χ4v) is 31.9. The average Bonchev–Trinajstić information content (AvgIpc) is 1.55. The average molecular weight is 2110 g/mol. The predicted octanol–water partition coefficient (Wildman–Crippen LogP) is 33.2. The molecule has 7 aliphatic rings. The van der Waals surface area contributed by atoms with Crippen LogP contribution in [-0.4, -0.2) is 79.1 Å². The van der Waals surface area contributed by atoms with E-state index in [9.17, 15) is 10.2 Å². The van der Waals surface area contributed by atoms with Gasteiger partial charge < -0.3 is 29.8 Å². The zero-order valence-corrected chi connectivity index (χ0v) is 92.8. The maximum atomic E-state index is 9.76. The van der Waals surface area contributed by atoms with Gasteiger partial charge in [0, 0.05) is 68.6 Å². The number of aliphatic imine (C=N–C) groups is 1. The zero-order valence-electron chi connectivity index (χ0n) is 86.0. The van der Waals surface area contributed by atoms with Crippen LogP contribution in [0.5, 0.6) is 11.5 Å². The number of rotatable bonds is 14. The predicted molar refractivity (Wildman–Crippen MR) is 600 cm³/mol. The van der Waals surface area contributed by atoms with Crippen molar-refractivity contribution in [1.82, 2.24) is 0 Å². The van der Waals surface area contributed by atoms with Crippen LogP contribution >= 0.6 is 37.0 Å². The Morgan fingerprint density at radius 1 is 0.374 bits per heavy atom. The van der Waals surface area contributed by atoms with Gasteiger partial charge in [0.1, 0.15) is 12.3 Å². The van der Waals surface area contributed by atoms with Crippen LogP contribution in [0.4, 0.5) is 34.1 Å². The molecule has 19 rings (SSSR count). The first kappa shape index (κ1) is 107. The van der Waals surface area contributed by atoms with Crippen molar-refractivity contribution in [3.8, 4) is 11.5 Å². The molecule has 12 aromatic carbocycles. The van der Waals surface area contributed by atoms with Crippen LogP contribution in [0.3, 0.4) is 0 Å². The van der Waals surface area contributed by atoms with E-state index in [1.807, 2.05) is 68.9 Å². The molecule has 5 fully saturated rings. The number of fused-ring (bicyclic) bond motifs is 2. The molecule has 0 amide bonds. The number of benzene rings is 12. The van der Waals surface area contributed by atoms with Gasteiger partial charge in [0.05, 0.1) is 35.1 Å². The van der Waals surface area contributed by atoms with Crippen molar-refractivity contribution < 1.29 is 44.0 Å². The van der Waals surface area contributed by atoms with Crippen LogP contribution in [0.15, 0.2) is 236 Å². The first-order chi connectivity index (χ1) is 66.8. The molecule has 0 radical (unpaired) electrons. The third-order valence-corrected chi connectivity index (χ3v) is 38.1. The number of halogens is 3. The van der Waals surface area contributed by atoms with E-state index in [0.717, 1.165) is 75.0 Å². The molecule has 0 aromatic heterocycles. The Kier molecular flexibility index (Phi) is 38.7. The SMILES string of the molecule is C1CCC([PH+](C2CCCCC2)C2CCCCC2)CC1.C=[N+]([CH-]c1ccccc1O)c1c(C)cccc1C.Cc1cc(C)c(N2[CH-]N(c3c(C)cc(C)cc3C)CC2)c(C)c1.Cc1cc(C)c(N2[CH-]N(c3c(C)cc(C)cc3C)CC2)c(C)c1.Cc1cccc(C)c1N=Cc1ccccc1O.Cc1ccccc1C1=C[C](=[Ru]([Cl])[Cl])c2cccc(C)c21.Cc1ccccc1C1=C[C](=[Ru][Cl])c2cccc(C)c21. The maximum absolute atomic E-state index is 9.76. The summed E-state index contributed by atoms with van der Waals surface area (Å²) in [6.45, 7) is 57.8. The van der Waals surface area contributed by atoms with Crippen molar-refractivity contribution in [2.45, 2.75) is 252 Å². The molecule has 0 spiro atoms. The Hall–Kier alpha value is -9.58. The van der Waals surface area contributed by atoms with E-state index in [1.54, 1.807) is 131 Å². The molecule has 14 heteroatoms. The van der Waals surface area contributed by atoms with Crippen molar-refractivity contribution >= 4 is 103 Å². The molecule has 733 valence electrons. The number of anilines is 4. The standard InChI is InChI=1S/2C21H27N2.C18H33P.2C17H14.C16H17NO.C15H15NO.3ClH.2Ru/c2*1-14-9-16(3)20(17(4)10-14)22-7-8-23(13-22)21-18(5)11-15(2)12-19(21)6;1-4-10-16(11-5-1)19(17-12-6-2-7-13-17)18-14-8-3-9-15-18;2*1-12-6-3-4-9-15(12)16-11-10-14-8-5-7-13(2)17(14)16;1-12-7-6-8-13(2)16(12)17(3)11-14-9-4-5-10-15(14)18;1-11-6-5-7-12(2)15(11)16-10-13-8-3-4-9-14(13)17;;;;;/h2*9-13H,7-8H2,1-6H3;16-18H,1-15H2;2*3-9,11H,1-2H3;4-11,18H,3H2,1-2H3;3-10,17H,1-2H3;3*1H;;/q2*-1;;;;;;;;;+1;+2/p-2. The third-order valence-electron chi connectivity index (χ3n) is 28.5. The summed E-state index contributed by atoms with van der Waals surface area (Å²) in [5.74, 6) is 0.514. The van der Waals surface area contributed by atoms with Crippen molar-refractivity contribution in [3.05, 3.63) is 406 Å². The molecular formula is C125H148Cl3N6O2PRu2-. The second kappa shape index (κ2) is 50.4. The number of allylic oxidation sites excluding steroid dienone is 2. The quantitative estimate of drug-likeness (QED) is 0.0372. The van der Waals surface area contributed by atoms with Gasteiger partial charge >= 0.3 is 258 Å². The number of nitrogens with zero attached hydrogens (tertiary/aromatic N) is 6. The van der Waals surface area contributed by atoms with Gasteiger partial charge in [-0.15, -0.1) is 6.07 Å². The molecule has 2 saturated heterocycles. The molecule has 139 heavy (non-hydrogen) atoms. The topological polar surface area (TPSA) is 68.8 Å². The van der Waals surface area contributed by atoms with E-state index < -0.39 is 13.5 Å². The Labute approximate surface area is 860 Å². The number of para-hydroxylation sites is 4. The van der Waals surface area contributed by atoms with Crippen molar-refractivity contribution in [1.29, 1.82) is 0 Å². The number of phenols is 2. The summed E-state index contributed by atoms with van der Waals surface area (Å²) in [5.41, 5.74) is 49.0. The fourth-order valence-electron chi connectivity index (χ4n) is 22.6. The van der Waals surface area contributed by atoms with Gasteiger partial charge in [-0.1, -0.05) is 157 Å². The molecular weight excluding hydrogens is 1960 g/mol. The van der Waals surface area contributed by atoms with Gasteiger partial charge in [0.25, 0.3) is 0 Å². The second-order valence-corrected chi connectivity index (χ2v) is 50.9. The van der Waals surface area contributed by atoms with Crippen LogP contribution < -0.4 is 19.6 Å². The summed E-state index contributed by atoms with van der Waals surface area (Å²) in [7, 11) is 18.7. The summed E-state index contributed by atoms with van der Waals surface area (Å²) in [4.78, 5) is 14.1. The second-order valence-electron chi connectivity index (χ2n) is 39.6. The third kappa shape index (κ3) is 27.1. The van der Waals surface area contributed by atoms with Gasteiger partial charge in [0.15, 0.2) is 5.69 Å². The number of aryl methyl sites for hydroxylation is 20. The van der Waals surface area contributed by atoms with Crippen molar-refractivity contribution in [2.75, 3.05) is 45.8 Å². The van der Waals surface area contributed by atoms with Gasteiger partial charge in [-0.2, -0.15) is 13.3 Å². The first-order valence-electron chi connectivity index (χ1n) is 50.1. The summed E-state index contributed by atoms with van der Waals surface area (Å²) >= 11 is -2.15. The van der Waals surface area contributed by atoms with Crippen molar-refractivity contribution in [3.63, 3.8) is 0 Å². The molecule has 2 N–H and O–H groups in total. The molecule has 12 aromatic rings. The monoisotopic (exact) mass is 2100 g/mol. The molecule has 0 bridgehead atoms. The van der Waals surface area contributed by atoms with E-state index in [2.05, 4.69) is 327 Å². The van der Waals surface area contributed by atoms with Gasteiger partial charge in [-0.05, 0) is 272 Å². The zero-order chi connectivity index (χ0) is 99.4. The summed E-state index contributed by atoms with van der Waals surface area (Å²) < 4.78 is 4.25. The van der Waals surface area contributed by atoms with Gasteiger partial charge in [-0.3, -0.25) is 9.57 Å². The molecule has 2 aliphatic heterocycles. The molecule has 8 nitrogen and oxygen atoms in total. The van der Waals surface area contributed by atoms with E-state index in [1.165, 1.54) is 177 Å². The first-order valence-corrected chi connectivity index (χ1v) is 60.3. The minimum absolute atomic E-state index is 0.0465. The molecule has 0 unspecified atom stereocenters. The summed E-state index contributed by atoms with van der Waals surface area (Å²) in [6.07, 6.45) is 30.0. The van der Waals surface area contributed by atoms with E-state index in [0.29, 0.717) is 0 Å². The molecule has 0 atom stereocenters. The summed E-state index contributed by atoms with van der Waals surface area (Å²) in [6, 6.07) is 74.7. The van der Waals surface area contributed by atoms with Crippen LogP contribution in [0.1, 0.15) is 252 Å². The van der Waals surface area contributed by atoms with Gasteiger partial charge in [-0.25, -0.2) is 0 Å². The number of hydrogen-bond donors (Lipinski definition) is 2. The van der Waals surface area contributed by atoms with Crippen LogP contribution in [0.2, 0.25) is 0 Å². The van der Waals surface area contributed by atoms with Crippen molar-refractivity contribution in [2.24, 2.45) is 4.99 Å².